The van der Waals surface area contributed by atoms with E-state index in [0.29, 0.717) is 11.5 Å². The zero-order valence-electron chi connectivity index (χ0n) is 11.2. The Labute approximate surface area is 120 Å². The molecule has 1 amide bonds. The highest BCUT2D eigenvalue weighted by molar-refractivity contribution is 5.91. The standard InChI is InChI=1S/C15H13F2NO3/c1-20-13-2-4-14(5-3-13)21-9-15(19)18-12-7-10(16)6-11(17)8-12/h2-8H,9H2,1H3,(H,18,19). The Morgan fingerprint density at radius 3 is 2.19 bits per heavy atom. The van der Waals surface area contributed by atoms with Gasteiger partial charge in [0.1, 0.15) is 23.1 Å². The number of hydrogen-bond acceptors (Lipinski definition) is 3. The molecule has 0 saturated carbocycles. The lowest BCUT2D eigenvalue weighted by atomic mass is 10.3. The lowest BCUT2D eigenvalue weighted by molar-refractivity contribution is -0.118. The van der Waals surface area contributed by atoms with Crippen molar-refractivity contribution >= 4 is 11.6 Å². The molecular formula is C15H13F2NO3. The summed E-state index contributed by atoms with van der Waals surface area (Å²) in [6.07, 6.45) is 0. The van der Waals surface area contributed by atoms with Gasteiger partial charge in [0.15, 0.2) is 6.61 Å². The molecule has 21 heavy (non-hydrogen) atoms. The summed E-state index contributed by atoms with van der Waals surface area (Å²) in [6, 6.07) is 9.44. The maximum absolute atomic E-state index is 13.0. The largest absolute Gasteiger partial charge is 0.497 e. The van der Waals surface area contributed by atoms with Crippen molar-refractivity contribution in [2.24, 2.45) is 0 Å². The van der Waals surface area contributed by atoms with Crippen molar-refractivity contribution in [3.8, 4) is 11.5 Å². The molecule has 0 fully saturated rings. The molecule has 2 aromatic rings. The average molecular weight is 293 g/mol. The molecule has 0 bridgehead atoms. The molecule has 0 atom stereocenters. The van der Waals surface area contributed by atoms with E-state index in [2.05, 4.69) is 5.32 Å². The molecule has 0 spiro atoms. The Balaban J connectivity index is 1.89. The predicted octanol–water partition coefficient (Wildman–Crippen LogP) is 2.99. The van der Waals surface area contributed by atoms with E-state index >= 15 is 0 Å². The van der Waals surface area contributed by atoms with Crippen molar-refractivity contribution in [2.75, 3.05) is 19.0 Å². The van der Waals surface area contributed by atoms with Crippen molar-refractivity contribution in [1.82, 2.24) is 0 Å². The van der Waals surface area contributed by atoms with E-state index in [0.717, 1.165) is 18.2 Å². The third-order valence-electron chi connectivity index (χ3n) is 2.58. The van der Waals surface area contributed by atoms with Crippen molar-refractivity contribution < 1.29 is 23.0 Å². The highest BCUT2D eigenvalue weighted by Crippen LogP contribution is 2.17. The van der Waals surface area contributed by atoms with Gasteiger partial charge in [-0.15, -0.1) is 0 Å². The monoisotopic (exact) mass is 293 g/mol. The van der Waals surface area contributed by atoms with Gasteiger partial charge in [-0.25, -0.2) is 8.78 Å². The lowest BCUT2D eigenvalue weighted by Crippen LogP contribution is -2.20. The normalized spacial score (nSPS) is 10.0. The second kappa shape index (κ2) is 6.69. The minimum atomic E-state index is -0.763. The highest BCUT2D eigenvalue weighted by atomic mass is 19.1. The Hall–Kier alpha value is -2.63. The summed E-state index contributed by atoms with van der Waals surface area (Å²) in [5, 5.41) is 2.35. The van der Waals surface area contributed by atoms with Crippen LogP contribution in [0.4, 0.5) is 14.5 Å². The molecule has 0 aliphatic heterocycles. The van der Waals surface area contributed by atoms with Gasteiger partial charge < -0.3 is 14.8 Å². The van der Waals surface area contributed by atoms with Crippen LogP contribution in [-0.2, 0) is 4.79 Å². The number of hydrogen-bond donors (Lipinski definition) is 1. The average Bonchev–Trinajstić information content (AvgIpc) is 2.44. The molecule has 0 aliphatic rings. The number of ether oxygens (including phenoxy) is 2. The molecule has 4 nitrogen and oxygen atoms in total. The van der Waals surface area contributed by atoms with Crippen LogP contribution < -0.4 is 14.8 Å². The van der Waals surface area contributed by atoms with Gasteiger partial charge >= 0.3 is 0 Å². The van der Waals surface area contributed by atoms with Crippen molar-refractivity contribution in [3.63, 3.8) is 0 Å². The maximum atomic E-state index is 13.0. The van der Waals surface area contributed by atoms with Crippen LogP contribution in [-0.4, -0.2) is 19.6 Å². The van der Waals surface area contributed by atoms with Crippen LogP contribution in [0.5, 0.6) is 11.5 Å². The minimum absolute atomic E-state index is 0.0378. The molecule has 1 N–H and O–H groups in total. The summed E-state index contributed by atoms with van der Waals surface area (Å²) >= 11 is 0. The first-order valence-corrected chi connectivity index (χ1v) is 6.09. The van der Waals surface area contributed by atoms with Crippen LogP contribution in [0, 0.1) is 11.6 Å². The third-order valence-corrected chi connectivity index (χ3v) is 2.58. The fourth-order valence-corrected chi connectivity index (χ4v) is 1.64. The number of amides is 1. The summed E-state index contributed by atoms with van der Waals surface area (Å²) in [5.74, 6) is -0.892. The van der Waals surface area contributed by atoms with Crippen LogP contribution in [0.3, 0.4) is 0 Å². The number of nitrogens with one attached hydrogen (secondary N) is 1. The summed E-state index contributed by atoms with van der Waals surface area (Å²) in [7, 11) is 1.54. The van der Waals surface area contributed by atoms with E-state index in [4.69, 9.17) is 9.47 Å². The molecule has 2 rings (SSSR count). The van der Waals surface area contributed by atoms with Gasteiger partial charge in [-0.1, -0.05) is 0 Å². The zero-order valence-corrected chi connectivity index (χ0v) is 11.2. The minimum Gasteiger partial charge on any atom is -0.497 e. The Bertz CT molecular complexity index is 609. The van der Waals surface area contributed by atoms with Crippen molar-refractivity contribution in [3.05, 3.63) is 54.1 Å². The second-order valence-corrected chi connectivity index (χ2v) is 4.17. The molecular weight excluding hydrogens is 280 g/mol. The molecule has 2 aromatic carbocycles. The van der Waals surface area contributed by atoms with Crippen LogP contribution in [0.1, 0.15) is 0 Å². The quantitative estimate of drug-likeness (QED) is 0.922. The van der Waals surface area contributed by atoms with E-state index < -0.39 is 17.5 Å². The zero-order chi connectivity index (χ0) is 15.2. The van der Waals surface area contributed by atoms with E-state index in [-0.39, 0.29) is 12.3 Å². The third kappa shape index (κ3) is 4.45. The fourth-order valence-electron chi connectivity index (χ4n) is 1.64. The van der Waals surface area contributed by atoms with Crippen molar-refractivity contribution in [2.45, 2.75) is 0 Å². The summed E-state index contributed by atoms with van der Waals surface area (Å²) in [5.41, 5.74) is 0.0378. The van der Waals surface area contributed by atoms with Gasteiger partial charge in [-0.2, -0.15) is 0 Å². The van der Waals surface area contributed by atoms with Gasteiger partial charge in [0.05, 0.1) is 7.11 Å². The van der Waals surface area contributed by atoms with Crippen LogP contribution in [0.15, 0.2) is 42.5 Å². The fraction of sp³-hybridized carbons (Fsp3) is 0.133. The first-order chi connectivity index (χ1) is 10.1. The predicted molar refractivity (Wildman–Crippen MR) is 73.5 cm³/mol. The van der Waals surface area contributed by atoms with Crippen LogP contribution in [0.2, 0.25) is 0 Å². The van der Waals surface area contributed by atoms with Crippen LogP contribution in [0.25, 0.3) is 0 Å². The van der Waals surface area contributed by atoms with Gasteiger partial charge in [-0.05, 0) is 36.4 Å². The summed E-state index contributed by atoms with van der Waals surface area (Å²) in [4.78, 5) is 11.6. The Morgan fingerprint density at radius 1 is 1.05 bits per heavy atom. The van der Waals surface area contributed by atoms with E-state index in [1.807, 2.05) is 0 Å². The molecule has 0 heterocycles. The molecule has 0 aromatic heterocycles. The second-order valence-electron chi connectivity index (χ2n) is 4.17. The summed E-state index contributed by atoms with van der Waals surface area (Å²) in [6.45, 7) is -0.273. The summed E-state index contributed by atoms with van der Waals surface area (Å²) < 4.78 is 36.2. The SMILES string of the molecule is COc1ccc(OCC(=O)Nc2cc(F)cc(F)c2)cc1. The number of anilines is 1. The topological polar surface area (TPSA) is 47.6 Å². The number of carbonyl (C=O) groups is 1. The molecule has 110 valence electrons. The van der Waals surface area contributed by atoms with Gasteiger partial charge in [0.2, 0.25) is 0 Å². The first-order valence-electron chi connectivity index (χ1n) is 6.09. The number of rotatable bonds is 5. The Kier molecular flexibility index (Phi) is 4.71. The smallest absolute Gasteiger partial charge is 0.262 e. The number of methoxy groups -OCH3 is 1. The maximum Gasteiger partial charge on any atom is 0.262 e. The Morgan fingerprint density at radius 2 is 1.62 bits per heavy atom. The van der Waals surface area contributed by atoms with Crippen LogP contribution >= 0.6 is 0 Å². The van der Waals surface area contributed by atoms with Crippen molar-refractivity contribution in [1.29, 1.82) is 0 Å². The lowest BCUT2D eigenvalue weighted by Gasteiger charge is -2.08. The van der Waals surface area contributed by atoms with E-state index in [1.165, 1.54) is 0 Å². The molecule has 0 aliphatic carbocycles. The van der Waals surface area contributed by atoms with E-state index in [1.54, 1.807) is 31.4 Å². The molecule has 0 unspecified atom stereocenters. The first kappa shape index (κ1) is 14.8. The van der Waals surface area contributed by atoms with Gasteiger partial charge in [-0.3, -0.25) is 4.79 Å². The number of halogens is 2. The van der Waals surface area contributed by atoms with Gasteiger partial charge in [0.25, 0.3) is 5.91 Å². The molecule has 0 radical (unpaired) electrons. The molecule has 6 heteroatoms. The highest BCUT2D eigenvalue weighted by Gasteiger charge is 2.06. The number of carbonyl (C=O) groups excluding carboxylic acids is 1. The molecule has 0 saturated heterocycles. The van der Waals surface area contributed by atoms with E-state index in [9.17, 15) is 13.6 Å². The number of benzene rings is 2. The van der Waals surface area contributed by atoms with Gasteiger partial charge in [0, 0.05) is 11.8 Å².